The molecule has 1 aromatic heterocycles. The fourth-order valence-corrected chi connectivity index (χ4v) is 3.09. The van der Waals surface area contributed by atoms with Gasteiger partial charge in [0.1, 0.15) is 0 Å². The maximum atomic E-state index is 11.0. The van der Waals surface area contributed by atoms with Crippen LogP contribution < -0.4 is 0 Å². The van der Waals surface area contributed by atoms with Gasteiger partial charge < -0.3 is 5.11 Å². The molecule has 0 aromatic carbocycles. The average molecular weight is 250 g/mol. The Kier molecular flexibility index (Phi) is 3.54. The number of aryl methyl sites for hydroxylation is 2. The summed E-state index contributed by atoms with van der Waals surface area (Å²) in [7, 11) is 1.98. The smallest absolute Gasteiger partial charge is 0.0753 e. The number of nitrogens with zero attached hydrogens (tertiary/aromatic N) is 2. The van der Waals surface area contributed by atoms with Crippen LogP contribution in [0.4, 0.5) is 0 Å². The van der Waals surface area contributed by atoms with Crippen molar-refractivity contribution in [1.29, 1.82) is 0 Å². The zero-order valence-electron chi connectivity index (χ0n) is 12.2. The van der Waals surface area contributed by atoms with Gasteiger partial charge in [0.2, 0.25) is 0 Å². The van der Waals surface area contributed by atoms with Crippen LogP contribution in [0.15, 0.2) is 6.07 Å². The molecule has 1 unspecified atom stereocenters. The maximum Gasteiger partial charge on any atom is 0.0753 e. The maximum absolute atomic E-state index is 11.0. The van der Waals surface area contributed by atoms with Gasteiger partial charge in [0.05, 0.1) is 11.3 Å². The Morgan fingerprint density at radius 2 is 2.00 bits per heavy atom. The van der Waals surface area contributed by atoms with Gasteiger partial charge in [-0.3, -0.25) is 4.68 Å². The van der Waals surface area contributed by atoms with Gasteiger partial charge in [-0.25, -0.2) is 0 Å². The van der Waals surface area contributed by atoms with Crippen molar-refractivity contribution in [2.24, 2.45) is 12.5 Å². The van der Waals surface area contributed by atoms with Crippen LogP contribution >= 0.6 is 0 Å². The highest BCUT2D eigenvalue weighted by molar-refractivity contribution is 5.15. The summed E-state index contributed by atoms with van der Waals surface area (Å²) in [4.78, 5) is 0. The van der Waals surface area contributed by atoms with Gasteiger partial charge in [-0.05, 0) is 30.7 Å². The van der Waals surface area contributed by atoms with Crippen LogP contribution in [0, 0.1) is 5.41 Å². The van der Waals surface area contributed by atoms with Crippen LogP contribution in [0.2, 0.25) is 0 Å². The summed E-state index contributed by atoms with van der Waals surface area (Å²) in [6.07, 6.45) is 6.08. The molecule has 0 saturated heterocycles. The molecule has 102 valence electrons. The molecule has 3 heteroatoms. The number of aromatic nitrogens is 2. The van der Waals surface area contributed by atoms with Crippen molar-refractivity contribution in [3.63, 3.8) is 0 Å². The Hall–Kier alpha value is -0.830. The molecule has 1 heterocycles. The summed E-state index contributed by atoms with van der Waals surface area (Å²) < 4.78 is 1.93. The molecular weight excluding hydrogens is 224 g/mol. The number of hydrogen-bond acceptors (Lipinski definition) is 2. The van der Waals surface area contributed by atoms with E-state index in [1.54, 1.807) is 0 Å². The number of rotatable bonds is 3. The first-order chi connectivity index (χ1) is 8.38. The first kappa shape index (κ1) is 13.6. The van der Waals surface area contributed by atoms with E-state index >= 15 is 0 Å². The topological polar surface area (TPSA) is 38.0 Å². The lowest BCUT2D eigenvalue weighted by Crippen LogP contribution is -2.49. The largest absolute Gasteiger partial charge is 0.389 e. The van der Waals surface area contributed by atoms with E-state index in [0.717, 1.165) is 43.5 Å². The fraction of sp³-hybridized carbons (Fsp3) is 0.800. The Morgan fingerprint density at radius 3 is 2.56 bits per heavy atom. The lowest BCUT2D eigenvalue weighted by molar-refractivity contribution is -0.0968. The van der Waals surface area contributed by atoms with Crippen LogP contribution in [0.5, 0.6) is 0 Å². The van der Waals surface area contributed by atoms with Crippen molar-refractivity contribution in [2.45, 2.75) is 64.9 Å². The summed E-state index contributed by atoms with van der Waals surface area (Å²) in [5.74, 6) is 0. The number of hydrogen-bond donors (Lipinski definition) is 1. The van der Waals surface area contributed by atoms with Crippen molar-refractivity contribution in [2.75, 3.05) is 0 Å². The van der Waals surface area contributed by atoms with Crippen molar-refractivity contribution >= 4 is 0 Å². The summed E-state index contributed by atoms with van der Waals surface area (Å²) in [5, 5.41) is 15.5. The van der Waals surface area contributed by atoms with E-state index in [1.165, 1.54) is 6.42 Å². The standard InChI is InChI=1S/C15H26N2O/c1-5-12-10-13(17(4)16-12)11-15(18)9-7-6-8-14(15,2)3/h10,18H,5-9,11H2,1-4H3. The minimum atomic E-state index is -0.579. The van der Waals surface area contributed by atoms with Crippen molar-refractivity contribution in [3.8, 4) is 0 Å². The molecule has 1 aliphatic rings. The summed E-state index contributed by atoms with van der Waals surface area (Å²) >= 11 is 0. The molecule has 0 radical (unpaired) electrons. The molecule has 1 aliphatic carbocycles. The zero-order chi connectivity index (χ0) is 13.4. The molecule has 1 atom stereocenters. The molecule has 1 aromatic rings. The lowest BCUT2D eigenvalue weighted by Gasteiger charge is -2.46. The molecule has 3 nitrogen and oxygen atoms in total. The van der Waals surface area contributed by atoms with Gasteiger partial charge in [-0.2, -0.15) is 5.10 Å². The SMILES string of the molecule is CCc1cc(CC2(O)CCCCC2(C)C)n(C)n1. The van der Waals surface area contributed by atoms with Gasteiger partial charge in [-0.1, -0.05) is 33.6 Å². The van der Waals surface area contributed by atoms with Gasteiger partial charge in [0.25, 0.3) is 0 Å². The minimum Gasteiger partial charge on any atom is -0.389 e. The van der Waals surface area contributed by atoms with E-state index in [-0.39, 0.29) is 5.41 Å². The highest BCUT2D eigenvalue weighted by Crippen LogP contribution is 2.45. The molecule has 1 fully saturated rings. The van der Waals surface area contributed by atoms with Crippen LogP contribution in [0.3, 0.4) is 0 Å². The van der Waals surface area contributed by atoms with E-state index in [0.29, 0.717) is 0 Å². The third kappa shape index (κ3) is 2.33. The first-order valence-corrected chi connectivity index (χ1v) is 7.12. The van der Waals surface area contributed by atoms with Crippen LogP contribution in [0.1, 0.15) is 57.8 Å². The molecule has 0 spiro atoms. The van der Waals surface area contributed by atoms with E-state index in [1.807, 2.05) is 11.7 Å². The Morgan fingerprint density at radius 1 is 1.33 bits per heavy atom. The molecule has 2 rings (SSSR count). The van der Waals surface area contributed by atoms with Gasteiger partial charge in [0.15, 0.2) is 0 Å². The number of aliphatic hydroxyl groups is 1. The predicted molar refractivity (Wildman–Crippen MR) is 73.5 cm³/mol. The minimum absolute atomic E-state index is 0.00188. The highest BCUT2D eigenvalue weighted by Gasteiger charge is 2.45. The van der Waals surface area contributed by atoms with E-state index in [9.17, 15) is 5.11 Å². The van der Waals surface area contributed by atoms with Crippen molar-refractivity contribution in [1.82, 2.24) is 9.78 Å². The second-order valence-electron chi connectivity index (χ2n) is 6.40. The Bertz CT molecular complexity index is 422. The Labute approximate surface area is 110 Å². The summed E-state index contributed by atoms with van der Waals surface area (Å²) in [6, 6.07) is 2.14. The van der Waals surface area contributed by atoms with Crippen LogP contribution in [-0.2, 0) is 19.9 Å². The average Bonchev–Trinajstić information content (AvgIpc) is 2.64. The first-order valence-electron chi connectivity index (χ1n) is 7.12. The van der Waals surface area contributed by atoms with Gasteiger partial charge in [-0.15, -0.1) is 0 Å². The van der Waals surface area contributed by atoms with Crippen LogP contribution in [-0.4, -0.2) is 20.5 Å². The molecule has 0 aliphatic heterocycles. The van der Waals surface area contributed by atoms with Crippen LogP contribution in [0.25, 0.3) is 0 Å². The highest BCUT2D eigenvalue weighted by atomic mass is 16.3. The van der Waals surface area contributed by atoms with Crippen molar-refractivity contribution < 1.29 is 5.11 Å². The molecule has 0 bridgehead atoms. The lowest BCUT2D eigenvalue weighted by atomic mass is 9.63. The van der Waals surface area contributed by atoms with Gasteiger partial charge in [0, 0.05) is 19.2 Å². The summed E-state index contributed by atoms with van der Waals surface area (Å²) in [6.45, 7) is 6.51. The second-order valence-corrected chi connectivity index (χ2v) is 6.40. The third-order valence-corrected chi connectivity index (χ3v) is 4.77. The van der Waals surface area contributed by atoms with Crippen molar-refractivity contribution in [3.05, 3.63) is 17.5 Å². The van der Waals surface area contributed by atoms with E-state index in [4.69, 9.17) is 0 Å². The normalized spacial score (nSPS) is 27.4. The quantitative estimate of drug-likeness (QED) is 0.895. The second kappa shape index (κ2) is 4.69. The third-order valence-electron chi connectivity index (χ3n) is 4.77. The van der Waals surface area contributed by atoms with E-state index < -0.39 is 5.60 Å². The monoisotopic (exact) mass is 250 g/mol. The fourth-order valence-electron chi connectivity index (χ4n) is 3.09. The zero-order valence-corrected chi connectivity index (χ0v) is 12.2. The molecule has 0 amide bonds. The van der Waals surface area contributed by atoms with Gasteiger partial charge >= 0.3 is 0 Å². The molecule has 18 heavy (non-hydrogen) atoms. The molecular formula is C15H26N2O. The molecule has 1 N–H and O–H groups in total. The van der Waals surface area contributed by atoms with E-state index in [2.05, 4.69) is 31.9 Å². The predicted octanol–water partition coefficient (Wildman–Crippen LogP) is 2.86. The Balaban J connectivity index is 2.23. The summed E-state index contributed by atoms with van der Waals surface area (Å²) in [5.41, 5.74) is 1.69. The molecule has 1 saturated carbocycles.